The molecule has 0 radical (unpaired) electrons. The van der Waals surface area contributed by atoms with Gasteiger partial charge in [-0.2, -0.15) is 0 Å². The summed E-state index contributed by atoms with van der Waals surface area (Å²) in [6.45, 7) is 8.55. The largest absolute Gasteiger partial charge is 0.496 e. The lowest BCUT2D eigenvalue weighted by molar-refractivity contribution is 0.159. The van der Waals surface area contributed by atoms with E-state index in [1.165, 1.54) is 37.9 Å². The summed E-state index contributed by atoms with van der Waals surface area (Å²) in [6.07, 6.45) is 5.23. The first-order valence-corrected chi connectivity index (χ1v) is 9.46. The van der Waals surface area contributed by atoms with Gasteiger partial charge in [0.2, 0.25) is 0 Å². The van der Waals surface area contributed by atoms with Crippen molar-refractivity contribution in [3.05, 3.63) is 29.3 Å². The molecule has 0 spiro atoms. The third-order valence-electron chi connectivity index (χ3n) is 5.00. The number of rotatable bonds is 7. The maximum Gasteiger partial charge on any atom is 0.191 e. The molecule has 140 valence electrons. The first-order chi connectivity index (χ1) is 12.1. The van der Waals surface area contributed by atoms with Crippen LogP contribution in [0.2, 0.25) is 0 Å². The molecule has 1 aliphatic rings. The van der Waals surface area contributed by atoms with E-state index in [0.717, 1.165) is 42.8 Å². The standard InChI is InChI=1S/C20H34N4O/c1-16-14-18(9-10-19(16)25-4)15-23-20(21-3)22-11-7-13-24-12-6-5-8-17(24)2/h9-10,14,17H,5-8,11-13,15H2,1-4H3,(H2,21,22,23). The molecule has 1 aromatic rings. The highest BCUT2D eigenvalue weighted by Gasteiger charge is 2.17. The number of piperidine rings is 1. The molecule has 25 heavy (non-hydrogen) atoms. The first-order valence-electron chi connectivity index (χ1n) is 9.46. The van der Waals surface area contributed by atoms with Crippen molar-refractivity contribution in [2.75, 3.05) is 33.8 Å². The number of hydrogen-bond donors (Lipinski definition) is 2. The second-order valence-electron chi connectivity index (χ2n) is 6.89. The van der Waals surface area contributed by atoms with Crippen LogP contribution in [-0.4, -0.2) is 50.7 Å². The molecule has 2 N–H and O–H groups in total. The fourth-order valence-corrected chi connectivity index (χ4v) is 3.44. The van der Waals surface area contributed by atoms with Gasteiger partial charge in [0.15, 0.2) is 5.96 Å². The Morgan fingerprint density at radius 1 is 1.32 bits per heavy atom. The summed E-state index contributed by atoms with van der Waals surface area (Å²) >= 11 is 0. The fourth-order valence-electron chi connectivity index (χ4n) is 3.44. The van der Waals surface area contributed by atoms with Gasteiger partial charge in [-0.25, -0.2) is 0 Å². The van der Waals surface area contributed by atoms with Crippen LogP contribution in [-0.2, 0) is 6.54 Å². The Hall–Kier alpha value is -1.75. The third-order valence-corrected chi connectivity index (χ3v) is 5.00. The number of guanidine groups is 1. The average Bonchev–Trinajstić information content (AvgIpc) is 2.62. The van der Waals surface area contributed by atoms with Gasteiger partial charge >= 0.3 is 0 Å². The molecule has 1 atom stereocenters. The molecule has 1 fully saturated rings. The molecule has 1 heterocycles. The van der Waals surface area contributed by atoms with E-state index in [0.29, 0.717) is 0 Å². The smallest absolute Gasteiger partial charge is 0.191 e. The van der Waals surface area contributed by atoms with Crippen LogP contribution in [0.5, 0.6) is 5.75 Å². The minimum absolute atomic E-state index is 0.740. The van der Waals surface area contributed by atoms with Gasteiger partial charge in [0, 0.05) is 32.7 Å². The van der Waals surface area contributed by atoms with Crippen molar-refractivity contribution in [3.8, 4) is 5.75 Å². The van der Waals surface area contributed by atoms with Crippen LogP contribution in [0, 0.1) is 6.92 Å². The van der Waals surface area contributed by atoms with Gasteiger partial charge in [-0.1, -0.05) is 18.6 Å². The van der Waals surface area contributed by atoms with Crippen molar-refractivity contribution in [2.45, 2.75) is 52.1 Å². The quantitative estimate of drug-likeness (QED) is 0.453. The minimum atomic E-state index is 0.740. The molecule has 1 saturated heterocycles. The molecule has 1 aliphatic heterocycles. The lowest BCUT2D eigenvalue weighted by Gasteiger charge is -2.33. The molecule has 0 aliphatic carbocycles. The van der Waals surface area contributed by atoms with Crippen LogP contribution in [0.25, 0.3) is 0 Å². The molecule has 0 saturated carbocycles. The maximum absolute atomic E-state index is 5.31. The number of likely N-dealkylation sites (tertiary alicyclic amines) is 1. The van der Waals surface area contributed by atoms with Gasteiger partial charge in [0.05, 0.1) is 7.11 Å². The van der Waals surface area contributed by atoms with Crippen molar-refractivity contribution in [1.29, 1.82) is 0 Å². The van der Waals surface area contributed by atoms with E-state index in [2.05, 4.69) is 46.5 Å². The summed E-state index contributed by atoms with van der Waals surface area (Å²) in [5, 5.41) is 6.80. The number of nitrogens with one attached hydrogen (secondary N) is 2. The number of aryl methyl sites for hydroxylation is 1. The van der Waals surface area contributed by atoms with Crippen LogP contribution in [0.1, 0.15) is 43.7 Å². The van der Waals surface area contributed by atoms with Gasteiger partial charge in [-0.15, -0.1) is 0 Å². The number of benzene rings is 1. The van der Waals surface area contributed by atoms with Crippen LogP contribution < -0.4 is 15.4 Å². The number of nitrogens with zero attached hydrogens (tertiary/aromatic N) is 2. The molecule has 2 rings (SSSR count). The molecule has 0 aromatic heterocycles. The molecule has 0 bridgehead atoms. The van der Waals surface area contributed by atoms with Crippen LogP contribution >= 0.6 is 0 Å². The fraction of sp³-hybridized carbons (Fsp3) is 0.650. The van der Waals surface area contributed by atoms with Gasteiger partial charge in [-0.3, -0.25) is 4.99 Å². The third kappa shape index (κ3) is 6.24. The lowest BCUT2D eigenvalue weighted by Crippen LogP contribution is -2.41. The summed E-state index contributed by atoms with van der Waals surface area (Å²) in [5.74, 6) is 1.79. The zero-order valence-electron chi connectivity index (χ0n) is 16.3. The van der Waals surface area contributed by atoms with Crippen LogP contribution in [0.3, 0.4) is 0 Å². The van der Waals surface area contributed by atoms with Crippen molar-refractivity contribution >= 4 is 5.96 Å². The zero-order chi connectivity index (χ0) is 18.1. The van der Waals surface area contributed by atoms with E-state index in [1.54, 1.807) is 7.11 Å². The molecular weight excluding hydrogens is 312 g/mol. The van der Waals surface area contributed by atoms with E-state index in [1.807, 2.05) is 13.1 Å². The number of aliphatic imine (C=N–C) groups is 1. The van der Waals surface area contributed by atoms with E-state index in [9.17, 15) is 0 Å². The van der Waals surface area contributed by atoms with Crippen molar-refractivity contribution in [1.82, 2.24) is 15.5 Å². The molecule has 0 amide bonds. The lowest BCUT2D eigenvalue weighted by atomic mass is 10.0. The normalized spacial score (nSPS) is 18.9. The van der Waals surface area contributed by atoms with Crippen LogP contribution in [0.4, 0.5) is 0 Å². The highest BCUT2D eigenvalue weighted by molar-refractivity contribution is 5.79. The molecule has 5 heteroatoms. The maximum atomic E-state index is 5.31. The summed E-state index contributed by atoms with van der Waals surface area (Å²) in [7, 11) is 3.53. The molecule has 1 aromatic carbocycles. The Morgan fingerprint density at radius 3 is 2.84 bits per heavy atom. The molecular formula is C20H34N4O. The van der Waals surface area contributed by atoms with Gasteiger partial charge in [0.1, 0.15) is 5.75 Å². The second kappa shape index (κ2) is 10.3. The summed E-state index contributed by atoms with van der Waals surface area (Å²) in [6, 6.07) is 6.99. The van der Waals surface area contributed by atoms with Gasteiger partial charge < -0.3 is 20.3 Å². The average molecular weight is 347 g/mol. The van der Waals surface area contributed by atoms with E-state index < -0.39 is 0 Å². The summed E-state index contributed by atoms with van der Waals surface area (Å²) in [4.78, 5) is 6.93. The monoisotopic (exact) mass is 346 g/mol. The van der Waals surface area contributed by atoms with E-state index in [-0.39, 0.29) is 0 Å². The topological polar surface area (TPSA) is 48.9 Å². The Morgan fingerprint density at radius 2 is 2.16 bits per heavy atom. The predicted octanol–water partition coefficient (Wildman–Crippen LogP) is 2.93. The van der Waals surface area contributed by atoms with Crippen molar-refractivity contribution in [2.24, 2.45) is 4.99 Å². The molecule has 5 nitrogen and oxygen atoms in total. The number of methoxy groups -OCH3 is 1. The van der Waals surface area contributed by atoms with Gasteiger partial charge in [-0.05, 0) is 56.8 Å². The Kier molecular flexibility index (Phi) is 8.06. The van der Waals surface area contributed by atoms with E-state index >= 15 is 0 Å². The Balaban J connectivity index is 1.69. The first kappa shape index (κ1) is 19.6. The zero-order valence-corrected chi connectivity index (χ0v) is 16.3. The minimum Gasteiger partial charge on any atom is -0.496 e. The summed E-state index contributed by atoms with van der Waals surface area (Å²) in [5.41, 5.74) is 2.38. The van der Waals surface area contributed by atoms with Crippen molar-refractivity contribution in [3.63, 3.8) is 0 Å². The second-order valence-corrected chi connectivity index (χ2v) is 6.89. The Labute approximate surface area is 152 Å². The highest BCUT2D eigenvalue weighted by atomic mass is 16.5. The molecule has 1 unspecified atom stereocenters. The number of hydrogen-bond acceptors (Lipinski definition) is 3. The van der Waals surface area contributed by atoms with Crippen LogP contribution in [0.15, 0.2) is 23.2 Å². The predicted molar refractivity (Wildman–Crippen MR) is 105 cm³/mol. The SMILES string of the molecule is CN=C(NCCCN1CCCCC1C)NCc1ccc(OC)c(C)c1. The Bertz CT molecular complexity index is 559. The van der Waals surface area contributed by atoms with Gasteiger partial charge in [0.25, 0.3) is 0 Å². The highest BCUT2D eigenvalue weighted by Crippen LogP contribution is 2.18. The summed E-state index contributed by atoms with van der Waals surface area (Å²) < 4.78 is 5.31. The number of ether oxygens (including phenoxy) is 1. The van der Waals surface area contributed by atoms with Crippen molar-refractivity contribution < 1.29 is 4.74 Å². The van der Waals surface area contributed by atoms with E-state index in [4.69, 9.17) is 4.74 Å².